The van der Waals surface area contributed by atoms with Crippen LogP contribution in [0.5, 0.6) is 0 Å². The van der Waals surface area contributed by atoms with Crippen LogP contribution >= 0.6 is 0 Å². The van der Waals surface area contributed by atoms with Crippen LogP contribution in [0.25, 0.3) is 0 Å². The first kappa shape index (κ1) is 13.0. The molecule has 0 saturated carbocycles. The fourth-order valence-electron chi connectivity index (χ4n) is 1.64. The van der Waals surface area contributed by atoms with Crippen molar-refractivity contribution >= 4 is 0 Å². The second-order valence-electron chi connectivity index (χ2n) is 3.86. The van der Waals surface area contributed by atoms with E-state index in [9.17, 15) is 13.2 Å². The van der Waals surface area contributed by atoms with E-state index in [4.69, 9.17) is 5.73 Å². The van der Waals surface area contributed by atoms with Gasteiger partial charge in [0.25, 0.3) is 0 Å². The van der Waals surface area contributed by atoms with E-state index in [1.165, 1.54) is 0 Å². The van der Waals surface area contributed by atoms with Crippen molar-refractivity contribution < 1.29 is 13.2 Å². The predicted molar refractivity (Wildman–Crippen MR) is 57.4 cm³/mol. The highest BCUT2D eigenvalue weighted by Crippen LogP contribution is 2.24. The Labute approximate surface area is 93.5 Å². The van der Waals surface area contributed by atoms with Crippen LogP contribution in [-0.4, -0.2) is 0 Å². The van der Waals surface area contributed by atoms with Crippen molar-refractivity contribution in [2.24, 2.45) is 5.73 Å². The van der Waals surface area contributed by atoms with Gasteiger partial charge >= 0.3 is 0 Å². The maximum atomic E-state index is 13.3. The van der Waals surface area contributed by atoms with Crippen molar-refractivity contribution in [3.8, 4) is 0 Å². The zero-order valence-electron chi connectivity index (χ0n) is 9.27. The summed E-state index contributed by atoms with van der Waals surface area (Å²) < 4.78 is 39.5. The lowest BCUT2D eigenvalue weighted by molar-refractivity contribution is 0.453. The highest BCUT2D eigenvalue weighted by molar-refractivity contribution is 5.24. The monoisotopic (exact) mass is 231 g/mol. The fourth-order valence-corrected chi connectivity index (χ4v) is 1.64. The lowest BCUT2D eigenvalue weighted by atomic mass is 10.00. The summed E-state index contributed by atoms with van der Waals surface area (Å²) in [5.74, 6) is -2.99. The van der Waals surface area contributed by atoms with Crippen LogP contribution < -0.4 is 5.73 Å². The molecule has 16 heavy (non-hydrogen) atoms. The Bertz CT molecular complexity index is 352. The summed E-state index contributed by atoms with van der Waals surface area (Å²) in [6.45, 7) is 2.02. The topological polar surface area (TPSA) is 26.0 Å². The van der Waals surface area contributed by atoms with Gasteiger partial charge in [0, 0.05) is 11.6 Å². The van der Waals surface area contributed by atoms with Crippen LogP contribution in [-0.2, 0) is 0 Å². The van der Waals surface area contributed by atoms with Crippen LogP contribution in [0.1, 0.15) is 44.2 Å². The van der Waals surface area contributed by atoms with E-state index >= 15 is 0 Å². The minimum atomic E-state index is -1.16. The predicted octanol–water partition coefficient (Wildman–Crippen LogP) is 3.68. The van der Waals surface area contributed by atoms with Crippen molar-refractivity contribution in [1.82, 2.24) is 0 Å². The number of unbranched alkanes of at least 4 members (excludes halogenated alkanes) is 2. The standard InChI is InChI=1S/C12H16F3N/c1-2-3-4-5-10(16)11-8(13)6-7-9(14)12(11)15/h6-7,10H,2-5,16H2,1H3/t10-/m0/s1. The minimum absolute atomic E-state index is 0.337. The molecule has 1 aromatic carbocycles. The number of hydrogen-bond donors (Lipinski definition) is 1. The highest BCUT2D eigenvalue weighted by Gasteiger charge is 2.19. The molecule has 0 heterocycles. The smallest absolute Gasteiger partial charge is 0.166 e. The van der Waals surface area contributed by atoms with Crippen molar-refractivity contribution in [2.75, 3.05) is 0 Å². The third-order valence-corrected chi connectivity index (χ3v) is 2.57. The van der Waals surface area contributed by atoms with Gasteiger partial charge in [-0.1, -0.05) is 26.2 Å². The normalized spacial score (nSPS) is 12.8. The summed E-state index contributed by atoms with van der Waals surface area (Å²) in [5, 5.41) is 0. The lowest BCUT2D eigenvalue weighted by Crippen LogP contribution is -2.15. The molecule has 0 aliphatic carbocycles. The summed E-state index contributed by atoms with van der Waals surface area (Å²) in [7, 11) is 0. The summed E-state index contributed by atoms with van der Waals surface area (Å²) in [5.41, 5.74) is 5.32. The van der Waals surface area contributed by atoms with Crippen LogP contribution in [0.15, 0.2) is 12.1 Å². The van der Waals surface area contributed by atoms with Crippen molar-refractivity contribution in [1.29, 1.82) is 0 Å². The molecule has 1 aromatic rings. The molecule has 0 spiro atoms. The molecular formula is C12H16F3N. The minimum Gasteiger partial charge on any atom is -0.324 e. The van der Waals surface area contributed by atoms with Crippen molar-refractivity contribution in [3.63, 3.8) is 0 Å². The van der Waals surface area contributed by atoms with Gasteiger partial charge in [0.05, 0.1) is 0 Å². The molecule has 0 aromatic heterocycles. The largest absolute Gasteiger partial charge is 0.324 e. The van der Waals surface area contributed by atoms with Gasteiger partial charge in [-0.25, -0.2) is 13.2 Å². The van der Waals surface area contributed by atoms with Crippen molar-refractivity contribution in [3.05, 3.63) is 35.1 Å². The Kier molecular flexibility index (Phi) is 4.80. The van der Waals surface area contributed by atoms with Gasteiger partial charge in [-0.2, -0.15) is 0 Å². The summed E-state index contributed by atoms with van der Waals surface area (Å²) in [6, 6.07) is 0.905. The van der Waals surface area contributed by atoms with E-state index in [0.29, 0.717) is 6.42 Å². The molecule has 0 aliphatic heterocycles. The Morgan fingerprint density at radius 2 is 1.75 bits per heavy atom. The van der Waals surface area contributed by atoms with E-state index in [0.717, 1.165) is 31.4 Å². The third-order valence-electron chi connectivity index (χ3n) is 2.57. The van der Waals surface area contributed by atoms with Crippen molar-refractivity contribution in [2.45, 2.75) is 38.6 Å². The molecule has 0 bridgehead atoms. The first-order chi connectivity index (χ1) is 7.57. The maximum absolute atomic E-state index is 13.3. The average molecular weight is 231 g/mol. The van der Waals surface area contributed by atoms with E-state index in [2.05, 4.69) is 0 Å². The zero-order chi connectivity index (χ0) is 12.1. The van der Waals surface area contributed by atoms with Gasteiger partial charge in [0.2, 0.25) is 0 Å². The lowest BCUT2D eigenvalue weighted by Gasteiger charge is -2.13. The molecular weight excluding hydrogens is 215 g/mol. The molecule has 90 valence electrons. The van der Waals surface area contributed by atoms with E-state index in [1.807, 2.05) is 6.92 Å². The second kappa shape index (κ2) is 5.89. The van der Waals surface area contributed by atoms with Gasteiger partial charge in [-0.15, -0.1) is 0 Å². The third kappa shape index (κ3) is 2.98. The van der Waals surface area contributed by atoms with Gasteiger partial charge in [0.1, 0.15) is 5.82 Å². The zero-order valence-corrected chi connectivity index (χ0v) is 9.27. The molecule has 0 amide bonds. The molecule has 0 radical (unpaired) electrons. The highest BCUT2D eigenvalue weighted by atomic mass is 19.2. The van der Waals surface area contributed by atoms with E-state index in [1.54, 1.807) is 0 Å². The molecule has 4 heteroatoms. The first-order valence-corrected chi connectivity index (χ1v) is 5.46. The van der Waals surface area contributed by atoms with Crippen LogP contribution in [0.2, 0.25) is 0 Å². The molecule has 0 aliphatic rings. The number of benzene rings is 1. The first-order valence-electron chi connectivity index (χ1n) is 5.46. The average Bonchev–Trinajstić information content (AvgIpc) is 2.24. The summed E-state index contributed by atoms with van der Waals surface area (Å²) >= 11 is 0. The van der Waals surface area contributed by atoms with Crippen LogP contribution in [0.3, 0.4) is 0 Å². The van der Waals surface area contributed by atoms with Gasteiger partial charge in [0.15, 0.2) is 11.6 Å². The SMILES string of the molecule is CCCCC[C@H](N)c1c(F)ccc(F)c1F. The molecule has 1 rings (SSSR count). The maximum Gasteiger partial charge on any atom is 0.166 e. The number of halogens is 3. The van der Waals surface area contributed by atoms with Gasteiger partial charge in [-0.05, 0) is 18.6 Å². The number of nitrogens with two attached hydrogens (primary N) is 1. The Hall–Kier alpha value is -1.03. The summed E-state index contributed by atoms with van der Waals surface area (Å²) in [6.07, 6.45) is 3.20. The van der Waals surface area contributed by atoms with Crippen LogP contribution in [0.4, 0.5) is 13.2 Å². The fraction of sp³-hybridized carbons (Fsp3) is 0.500. The molecule has 1 nitrogen and oxygen atoms in total. The number of hydrogen-bond acceptors (Lipinski definition) is 1. The molecule has 1 atom stereocenters. The Balaban J connectivity index is 2.81. The quantitative estimate of drug-likeness (QED) is 0.607. The molecule has 0 unspecified atom stereocenters. The Morgan fingerprint density at radius 3 is 2.38 bits per heavy atom. The Morgan fingerprint density at radius 1 is 1.12 bits per heavy atom. The molecule has 0 fully saturated rings. The van der Waals surface area contributed by atoms with Gasteiger partial charge in [-0.3, -0.25) is 0 Å². The summed E-state index contributed by atoms with van der Waals surface area (Å²) in [4.78, 5) is 0. The number of rotatable bonds is 5. The van der Waals surface area contributed by atoms with E-state index in [-0.39, 0.29) is 5.56 Å². The van der Waals surface area contributed by atoms with E-state index < -0.39 is 23.5 Å². The van der Waals surface area contributed by atoms with Gasteiger partial charge < -0.3 is 5.73 Å². The molecule has 2 N–H and O–H groups in total. The molecule has 0 saturated heterocycles. The van der Waals surface area contributed by atoms with Crippen LogP contribution in [0, 0.1) is 17.5 Å². The second-order valence-corrected chi connectivity index (χ2v) is 3.86.